The van der Waals surface area contributed by atoms with Crippen molar-refractivity contribution in [2.45, 2.75) is 6.92 Å². The van der Waals surface area contributed by atoms with E-state index in [0.717, 1.165) is 10.2 Å². The molecule has 1 aromatic heterocycles. The normalized spacial score (nSPS) is 9.83. The van der Waals surface area contributed by atoms with Crippen molar-refractivity contribution in [2.24, 2.45) is 0 Å². The third kappa shape index (κ3) is 2.79. The summed E-state index contributed by atoms with van der Waals surface area (Å²) in [6.45, 7) is 1.81. The predicted octanol–water partition coefficient (Wildman–Crippen LogP) is 3.40. The molecule has 0 radical (unpaired) electrons. The highest BCUT2D eigenvalue weighted by Crippen LogP contribution is 2.31. The van der Waals surface area contributed by atoms with Crippen LogP contribution >= 0.6 is 15.9 Å². The number of aryl methyl sites for hydroxylation is 1. The molecule has 2 aromatic rings. The number of rotatable bonds is 2. The first kappa shape index (κ1) is 12.4. The number of hydrogen-bond donors (Lipinski definition) is 1. The molecule has 0 saturated carbocycles. The van der Waals surface area contributed by atoms with Crippen LogP contribution in [0.15, 0.2) is 34.8 Å². The molecule has 5 heteroatoms. The molecule has 90 valence electrons. The Labute approximate surface area is 113 Å². The Hall–Kier alpha value is -2.06. The first-order valence-electron chi connectivity index (χ1n) is 5.20. The van der Waals surface area contributed by atoms with Crippen LogP contribution in [0.1, 0.15) is 11.3 Å². The summed E-state index contributed by atoms with van der Waals surface area (Å²) in [5.74, 6) is 0.940. The molecular formula is C13H10BrN3O. The molecule has 1 heterocycles. The lowest BCUT2D eigenvalue weighted by molar-refractivity contribution is 0.459. The van der Waals surface area contributed by atoms with Gasteiger partial charge in [0.15, 0.2) is 0 Å². The summed E-state index contributed by atoms with van der Waals surface area (Å²) in [7, 11) is 0. The van der Waals surface area contributed by atoms with Gasteiger partial charge in [-0.05, 0) is 41.1 Å². The highest BCUT2D eigenvalue weighted by Gasteiger charge is 2.06. The Morgan fingerprint density at radius 1 is 1.33 bits per heavy atom. The van der Waals surface area contributed by atoms with E-state index in [0.29, 0.717) is 22.9 Å². The third-order valence-corrected chi connectivity index (χ3v) is 2.88. The van der Waals surface area contributed by atoms with Crippen molar-refractivity contribution in [3.05, 3.63) is 46.1 Å². The van der Waals surface area contributed by atoms with Crippen molar-refractivity contribution in [2.75, 3.05) is 5.73 Å². The summed E-state index contributed by atoms with van der Waals surface area (Å²) in [6, 6.07) is 10.6. The van der Waals surface area contributed by atoms with Crippen molar-refractivity contribution in [3.8, 4) is 17.7 Å². The van der Waals surface area contributed by atoms with Crippen LogP contribution < -0.4 is 10.5 Å². The summed E-state index contributed by atoms with van der Waals surface area (Å²) in [5.41, 5.74) is 7.53. The maximum atomic E-state index is 8.89. The van der Waals surface area contributed by atoms with Gasteiger partial charge in [0.1, 0.15) is 5.75 Å². The van der Waals surface area contributed by atoms with Gasteiger partial charge in [-0.15, -0.1) is 0 Å². The molecule has 0 fully saturated rings. The van der Waals surface area contributed by atoms with Crippen LogP contribution in [-0.4, -0.2) is 4.98 Å². The molecule has 2 N–H and O–H groups in total. The fraction of sp³-hybridized carbons (Fsp3) is 0.0769. The van der Waals surface area contributed by atoms with Gasteiger partial charge in [0.2, 0.25) is 5.88 Å². The first-order valence-corrected chi connectivity index (χ1v) is 5.99. The molecule has 0 atom stereocenters. The summed E-state index contributed by atoms with van der Waals surface area (Å²) >= 11 is 3.37. The molecule has 18 heavy (non-hydrogen) atoms. The number of pyridine rings is 1. The smallest absolute Gasteiger partial charge is 0.220 e. The Morgan fingerprint density at radius 2 is 2.11 bits per heavy atom. The van der Waals surface area contributed by atoms with Crippen molar-refractivity contribution in [1.29, 1.82) is 5.26 Å². The number of nitrogen functional groups attached to an aromatic ring is 1. The van der Waals surface area contributed by atoms with Crippen LogP contribution in [0.4, 0.5) is 5.69 Å². The number of nitrogens with two attached hydrogens (primary N) is 1. The number of ether oxygens (including phenoxy) is 1. The van der Waals surface area contributed by atoms with Crippen LogP contribution in [0.3, 0.4) is 0 Å². The average molecular weight is 304 g/mol. The highest BCUT2D eigenvalue weighted by molar-refractivity contribution is 9.10. The summed E-state index contributed by atoms with van der Waals surface area (Å²) in [5, 5.41) is 8.89. The van der Waals surface area contributed by atoms with Gasteiger partial charge in [0.25, 0.3) is 0 Å². The van der Waals surface area contributed by atoms with E-state index in [1.807, 2.05) is 6.92 Å². The van der Waals surface area contributed by atoms with E-state index in [1.54, 1.807) is 30.3 Å². The van der Waals surface area contributed by atoms with E-state index in [4.69, 9.17) is 15.7 Å². The Morgan fingerprint density at radius 3 is 2.83 bits per heavy atom. The fourth-order valence-electron chi connectivity index (χ4n) is 1.47. The lowest BCUT2D eigenvalue weighted by atomic mass is 10.2. The average Bonchev–Trinajstić information content (AvgIpc) is 2.33. The monoisotopic (exact) mass is 303 g/mol. The molecule has 0 unspecified atom stereocenters. The molecule has 0 aliphatic heterocycles. The van der Waals surface area contributed by atoms with Crippen LogP contribution in [0.2, 0.25) is 0 Å². The van der Waals surface area contributed by atoms with Crippen molar-refractivity contribution in [3.63, 3.8) is 0 Å². The molecule has 0 aliphatic rings. The minimum absolute atomic E-state index is 0.373. The quantitative estimate of drug-likeness (QED) is 0.863. The molecule has 1 aromatic carbocycles. The number of nitriles is 1. The minimum Gasteiger partial charge on any atom is -0.438 e. The zero-order valence-electron chi connectivity index (χ0n) is 9.64. The van der Waals surface area contributed by atoms with Crippen LogP contribution in [0.5, 0.6) is 11.6 Å². The molecule has 2 rings (SSSR count). The minimum atomic E-state index is 0.373. The van der Waals surface area contributed by atoms with Crippen LogP contribution in [0.25, 0.3) is 0 Å². The standard InChI is InChI=1S/C13H10BrN3O/c1-8-4-9(7-15)5-13(17-8)18-12-6-10(16)2-3-11(12)14/h2-6H,16H2,1H3. The van der Waals surface area contributed by atoms with E-state index in [-0.39, 0.29) is 0 Å². The van der Waals surface area contributed by atoms with E-state index < -0.39 is 0 Å². The zero-order valence-corrected chi connectivity index (χ0v) is 11.2. The lowest BCUT2D eigenvalue weighted by Crippen LogP contribution is -1.93. The number of benzene rings is 1. The number of aromatic nitrogens is 1. The van der Waals surface area contributed by atoms with Gasteiger partial charge in [0, 0.05) is 23.5 Å². The lowest BCUT2D eigenvalue weighted by Gasteiger charge is -2.08. The Bertz CT molecular complexity index is 635. The second-order valence-electron chi connectivity index (χ2n) is 3.74. The van der Waals surface area contributed by atoms with E-state index in [1.165, 1.54) is 0 Å². The largest absolute Gasteiger partial charge is 0.438 e. The molecule has 0 bridgehead atoms. The highest BCUT2D eigenvalue weighted by atomic mass is 79.9. The van der Waals surface area contributed by atoms with Gasteiger partial charge in [-0.25, -0.2) is 4.98 Å². The van der Waals surface area contributed by atoms with Crippen molar-refractivity contribution >= 4 is 21.6 Å². The molecule has 0 spiro atoms. The topological polar surface area (TPSA) is 71.9 Å². The van der Waals surface area contributed by atoms with E-state index >= 15 is 0 Å². The van der Waals surface area contributed by atoms with Crippen molar-refractivity contribution < 1.29 is 4.74 Å². The van der Waals surface area contributed by atoms with Gasteiger partial charge in [-0.1, -0.05) is 0 Å². The van der Waals surface area contributed by atoms with Crippen LogP contribution in [0, 0.1) is 18.3 Å². The van der Waals surface area contributed by atoms with Gasteiger partial charge < -0.3 is 10.5 Å². The number of hydrogen-bond acceptors (Lipinski definition) is 4. The molecule has 0 saturated heterocycles. The van der Waals surface area contributed by atoms with E-state index in [9.17, 15) is 0 Å². The van der Waals surface area contributed by atoms with Crippen molar-refractivity contribution in [1.82, 2.24) is 4.98 Å². The second-order valence-corrected chi connectivity index (χ2v) is 4.59. The first-order chi connectivity index (χ1) is 8.58. The molecule has 4 nitrogen and oxygen atoms in total. The molecular weight excluding hydrogens is 294 g/mol. The third-order valence-electron chi connectivity index (χ3n) is 2.23. The maximum Gasteiger partial charge on any atom is 0.220 e. The summed E-state index contributed by atoms with van der Waals surface area (Å²) in [6.07, 6.45) is 0. The summed E-state index contributed by atoms with van der Waals surface area (Å²) < 4.78 is 6.40. The zero-order chi connectivity index (χ0) is 13.1. The number of halogens is 1. The predicted molar refractivity (Wildman–Crippen MR) is 72.3 cm³/mol. The van der Waals surface area contributed by atoms with Gasteiger partial charge >= 0.3 is 0 Å². The Kier molecular flexibility index (Phi) is 3.49. The number of anilines is 1. The SMILES string of the molecule is Cc1cc(C#N)cc(Oc2cc(N)ccc2Br)n1. The van der Waals surface area contributed by atoms with Gasteiger partial charge in [0.05, 0.1) is 16.1 Å². The van der Waals surface area contributed by atoms with Gasteiger partial charge in [-0.2, -0.15) is 5.26 Å². The second kappa shape index (κ2) is 5.07. The Balaban J connectivity index is 2.37. The van der Waals surface area contributed by atoms with E-state index in [2.05, 4.69) is 27.0 Å². The molecule has 0 aliphatic carbocycles. The van der Waals surface area contributed by atoms with Gasteiger partial charge in [-0.3, -0.25) is 0 Å². The fourth-order valence-corrected chi connectivity index (χ4v) is 1.79. The summed E-state index contributed by atoms with van der Waals surface area (Å²) in [4.78, 5) is 4.21. The van der Waals surface area contributed by atoms with Crippen LogP contribution in [-0.2, 0) is 0 Å². The maximum absolute atomic E-state index is 8.89. The number of nitrogens with zero attached hydrogens (tertiary/aromatic N) is 2. The molecule has 0 amide bonds.